The van der Waals surface area contributed by atoms with E-state index in [0.29, 0.717) is 23.7 Å². The van der Waals surface area contributed by atoms with Crippen LogP contribution in [0.5, 0.6) is 11.5 Å². The van der Waals surface area contributed by atoms with Gasteiger partial charge in [-0.15, -0.1) is 0 Å². The Morgan fingerprint density at radius 2 is 1.69 bits per heavy atom. The lowest BCUT2D eigenvalue weighted by molar-refractivity contribution is -0.140. The number of carbonyl (C=O) groups is 2. The van der Waals surface area contributed by atoms with Crippen LogP contribution in [-0.4, -0.2) is 64.7 Å². The third-order valence-electron chi connectivity index (χ3n) is 5.72. The van der Waals surface area contributed by atoms with Crippen molar-refractivity contribution in [3.63, 3.8) is 0 Å². The van der Waals surface area contributed by atoms with Crippen LogP contribution in [0.1, 0.15) is 38.7 Å². The molecule has 10 heteroatoms. The van der Waals surface area contributed by atoms with Crippen molar-refractivity contribution in [2.45, 2.75) is 45.7 Å². The average molecular weight is 520 g/mol. The zero-order valence-electron chi connectivity index (χ0n) is 21.7. The number of amides is 2. The molecule has 0 aliphatic rings. The number of carbonyl (C=O) groups excluding carboxylic acids is 2. The minimum absolute atomic E-state index is 0.0809. The Balaban J connectivity index is 2.16. The summed E-state index contributed by atoms with van der Waals surface area (Å²) in [5.74, 6) is 0.774. The number of nitrogens with one attached hydrogen (secondary N) is 1. The molecule has 1 N–H and O–H groups in total. The zero-order valence-corrected chi connectivity index (χ0v) is 22.5. The topological polar surface area (TPSA) is 105 Å². The second kappa shape index (κ2) is 13.7. The largest absolute Gasteiger partial charge is 0.497 e. The minimum atomic E-state index is -3.58. The molecule has 2 aromatic rings. The van der Waals surface area contributed by atoms with Gasteiger partial charge in [-0.3, -0.25) is 13.9 Å². The maximum atomic E-state index is 13.3. The van der Waals surface area contributed by atoms with Gasteiger partial charge in [0.05, 0.1) is 26.2 Å². The van der Waals surface area contributed by atoms with Crippen LogP contribution in [-0.2, 0) is 26.2 Å². The van der Waals surface area contributed by atoms with Crippen LogP contribution in [0.25, 0.3) is 0 Å². The Morgan fingerprint density at radius 3 is 2.28 bits per heavy atom. The molecule has 0 aliphatic carbocycles. The van der Waals surface area contributed by atoms with Gasteiger partial charge < -0.3 is 19.7 Å². The number of hydrogen-bond donors (Lipinski definition) is 1. The molecule has 0 fully saturated rings. The molecule has 0 aromatic heterocycles. The van der Waals surface area contributed by atoms with E-state index in [4.69, 9.17) is 9.47 Å². The second-order valence-electron chi connectivity index (χ2n) is 8.48. The van der Waals surface area contributed by atoms with Gasteiger partial charge in [-0.1, -0.05) is 25.1 Å². The molecule has 0 radical (unpaired) electrons. The van der Waals surface area contributed by atoms with Gasteiger partial charge in [0.2, 0.25) is 21.8 Å². The number of methoxy groups -OCH3 is 2. The Hall–Kier alpha value is -3.27. The van der Waals surface area contributed by atoms with E-state index in [0.717, 1.165) is 18.2 Å². The van der Waals surface area contributed by atoms with Crippen molar-refractivity contribution in [3.05, 3.63) is 54.1 Å². The summed E-state index contributed by atoms with van der Waals surface area (Å²) in [5, 5.41) is 2.85. The van der Waals surface area contributed by atoms with E-state index >= 15 is 0 Å². The summed E-state index contributed by atoms with van der Waals surface area (Å²) < 4.78 is 36.6. The lowest BCUT2D eigenvalue weighted by Gasteiger charge is -2.29. The van der Waals surface area contributed by atoms with Gasteiger partial charge in [0.25, 0.3) is 0 Å². The van der Waals surface area contributed by atoms with Gasteiger partial charge in [-0.25, -0.2) is 8.42 Å². The van der Waals surface area contributed by atoms with Crippen molar-refractivity contribution >= 4 is 27.5 Å². The predicted octanol–water partition coefficient (Wildman–Crippen LogP) is 3.19. The molecule has 2 amide bonds. The number of benzene rings is 2. The first kappa shape index (κ1) is 29.0. The summed E-state index contributed by atoms with van der Waals surface area (Å²) in [6.45, 7) is 4.55. The van der Waals surface area contributed by atoms with E-state index in [1.54, 1.807) is 50.4 Å². The number of anilines is 1. The number of rotatable bonds is 14. The van der Waals surface area contributed by atoms with Crippen molar-refractivity contribution in [3.8, 4) is 11.5 Å². The molecule has 198 valence electrons. The minimum Gasteiger partial charge on any atom is -0.497 e. The molecule has 0 heterocycles. The summed E-state index contributed by atoms with van der Waals surface area (Å²) >= 11 is 0. The highest BCUT2D eigenvalue weighted by molar-refractivity contribution is 7.92. The molecular weight excluding hydrogens is 482 g/mol. The van der Waals surface area contributed by atoms with E-state index in [1.807, 2.05) is 19.1 Å². The summed E-state index contributed by atoms with van der Waals surface area (Å²) in [5.41, 5.74) is 1.32. The zero-order chi connectivity index (χ0) is 26.7. The second-order valence-corrected chi connectivity index (χ2v) is 10.4. The van der Waals surface area contributed by atoms with E-state index in [9.17, 15) is 18.0 Å². The fourth-order valence-electron chi connectivity index (χ4n) is 3.68. The molecule has 2 rings (SSSR count). The average Bonchev–Trinajstić information content (AvgIpc) is 2.87. The maximum absolute atomic E-state index is 13.3. The van der Waals surface area contributed by atoms with E-state index < -0.39 is 16.1 Å². The van der Waals surface area contributed by atoms with Crippen LogP contribution in [0.2, 0.25) is 0 Å². The molecule has 9 nitrogen and oxygen atoms in total. The Labute approximate surface area is 214 Å². The number of hydrogen-bond acceptors (Lipinski definition) is 6. The summed E-state index contributed by atoms with van der Waals surface area (Å²) in [7, 11) is -0.488. The molecule has 0 aliphatic heterocycles. The fourth-order valence-corrected chi connectivity index (χ4v) is 4.63. The van der Waals surface area contributed by atoms with E-state index in [1.165, 1.54) is 16.3 Å². The van der Waals surface area contributed by atoms with E-state index in [-0.39, 0.29) is 37.7 Å². The Bertz CT molecular complexity index is 1100. The first-order valence-electron chi connectivity index (χ1n) is 11.9. The van der Waals surface area contributed by atoms with Gasteiger partial charge in [-0.2, -0.15) is 0 Å². The van der Waals surface area contributed by atoms with Crippen molar-refractivity contribution in [2.75, 3.05) is 37.9 Å². The summed E-state index contributed by atoms with van der Waals surface area (Å²) in [6, 6.07) is 13.4. The van der Waals surface area contributed by atoms with Crippen LogP contribution >= 0.6 is 0 Å². The fraction of sp³-hybridized carbons (Fsp3) is 0.462. The molecule has 2 aromatic carbocycles. The van der Waals surface area contributed by atoms with Crippen molar-refractivity contribution in [2.24, 2.45) is 0 Å². The molecule has 0 saturated heterocycles. The molecule has 1 atom stereocenters. The van der Waals surface area contributed by atoms with Crippen LogP contribution in [0.15, 0.2) is 48.5 Å². The van der Waals surface area contributed by atoms with Gasteiger partial charge in [0, 0.05) is 32.1 Å². The highest BCUT2D eigenvalue weighted by Crippen LogP contribution is 2.24. The Kier molecular flexibility index (Phi) is 11.0. The van der Waals surface area contributed by atoms with Crippen LogP contribution < -0.4 is 19.1 Å². The molecule has 36 heavy (non-hydrogen) atoms. The third-order valence-corrected chi connectivity index (χ3v) is 6.92. The van der Waals surface area contributed by atoms with Crippen LogP contribution in [0.4, 0.5) is 5.69 Å². The van der Waals surface area contributed by atoms with E-state index in [2.05, 4.69) is 5.32 Å². The smallest absolute Gasteiger partial charge is 0.242 e. The lowest BCUT2D eigenvalue weighted by Crippen LogP contribution is -2.47. The normalized spacial score (nSPS) is 11.9. The highest BCUT2D eigenvalue weighted by Gasteiger charge is 2.26. The standard InChI is InChI=1S/C26H37N3O6S/c1-6-16-27-26(31)20(2)28(19-21-12-14-23(34-3)15-13-21)25(30)11-8-17-29(36(5,32)33)22-9-7-10-24(18-22)35-4/h7,9-10,12-15,18,20H,6,8,11,16-17,19H2,1-5H3,(H,27,31)/t20-/m1/s1. The van der Waals surface area contributed by atoms with Crippen molar-refractivity contribution in [1.29, 1.82) is 0 Å². The van der Waals surface area contributed by atoms with Crippen molar-refractivity contribution < 1.29 is 27.5 Å². The molecule has 0 saturated carbocycles. The summed E-state index contributed by atoms with van der Waals surface area (Å²) in [4.78, 5) is 27.5. The lowest BCUT2D eigenvalue weighted by atomic mass is 10.1. The predicted molar refractivity (Wildman–Crippen MR) is 141 cm³/mol. The van der Waals surface area contributed by atoms with Gasteiger partial charge >= 0.3 is 0 Å². The number of nitrogens with zero attached hydrogens (tertiary/aromatic N) is 2. The SMILES string of the molecule is CCCNC(=O)[C@@H](C)N(Cc1ccc(OC)cc1)C(=O)CCCN(c1cccc(OC)c1)S(C)(=O)=O. The first-order valence-corrected chi connectivity index (χ1v) is 13.8. The monoisotopic (exact) mass is 519 g/mol. The van der Waals surface area contributed by atoms with Crippen LogP contribution in [0.3, 0.4) is 0 Å². The number of sulfonamides is 1. The van der Waals surface area contributed by atoms with Crippen LogP contribution in [0, 0.1) is 0 Å². The number of ether oxygens (including phenoxy) is 2. The first-order chi connectivity index (χ1) is 17.1. The highest BCUT2D eigenvalue weighted by atomic mass is 32.2. The third kappa shape index (κ3) is 8.44. The van der Waals surface area contributed by atoms with Gasteiger partial charge in [0.1, 0.15) is 17.5 Å². The molecular formula is C26H37N3O6S. The molecule has 0 bridgehead atoms. The summed E-state index contributed by atoms with van der Waals surface area (Å²) in [6.07, 6.45) is 2.28. The quantitative estimate of drug-likeness (QED) is 0.411. The van der Waals surface area contributed by atoms with Gasteiger partial charge in [0.15, 0.2) is 0 Å². The van der Waals surface area contributed by atoms with Gasteiger partial charge in [-0.05, 0) is 49.6 Å². The maximum Gasteiger partial charge on any atom is 0.242 e. The Morgan fingerprint density at radius 1 is 1.03 bits per heavy atom. The van der Waals surface area contributed by atoms with Crippen molar-refractivity contribution in [1.82, 2.24) is 10.2 Å². The molecule has 0 unspecified atom stereocenters. The molecule has 0 spiro atoms.